The van der Waals surface area contributed by atoms with Crippen LogP contribution in [-0.2, 0) is 25.0 Å². The molecule has 6 nitrogen and oxygen atoms in total. The summed E-state index contributed by atoms with van der Waals surface area (Å²) < 4.78 is 0. The molecule has 0 radical (unpaired) electrons. The predicted molar refractivity (Wildman–Crippen MR) is 115 cm³/mol. The number of aromatic nitrogens is 5. The van der Waals surface area contributed by atoms with Crippen LogP contribution in [0.4, 0.5) is 5.82 Å². The normalized spacial score (nSPS) is 17.9. The second kappa shape index (κ2) is 7.99. The zero-order chi connectivity index (χ0) is 18.9. The van der Waals surface area contributed by atoms with Gasteiger partial charge in [-0.2, -0.15) is 0 Å². The Hall–Kier alpha value is -1.67. The number of thioether (sulfide) groups is 1. The van der Waals surface area contributed by atoms with Crippen molar-refractivity contribution < 1.29 is 0 Å². The molecule has 0 aromatic carbocycles. The summed E-state index contributed by atoms with van der Waals surface area (Å²) in [5.41, 5.74) is 7.75. The van der Waals surface area contributed by atoms with Crippen LogP contribution in [0.3, 0.4) is 0 Å². The van der Waals surface area contributed by atoms with Gasteiger partial charge in [-0.05, 0) is 37.2 Å². The van der Waals surface area contributed by atoms with Crippen LogP contribution in [0.2, 0.25) is 0 Å². The third kappa shape index (κ3) is 3.76. The van der Waals surface area contributed by atoms with Gasteiger partial charge in [-0.3, -0.25) is 5.10 Å². The van der Waals surface area contributed by atoms with E-state index in [1.807, 2.05) is 11.3 Å². The van der Waals surface area contributed by atoms with E-state index in [1.54, 1.807) is 11.8 Å². The van der Waals surface area contributed by atoms with Gasteiger partial charge in [0.05, 0.1) is 11.1 Å². The van der Waals surface area contributed by atoms with Crippen molar-refractivity contribution in [1.82, 2.24) is 25.1 Å². The zero-order valence-electron chi connectivity index (χ0n) is 16.0. The van der Waals surface area contributed by atoms with E-state index in [0.717, 1.165) is 52.2 Å². The third-order valence-corrected chi connectivity index (χ3v) is 7.97. The van der Waals surface area contributed by atoms with E-state index in [2.05, 4.69) is 20.2 Å². The molecular weight excluding hydrogens is 388 g/mol. The van der Waals surface area contributed by atoms with E-state index in [0.29, 0.717) is 11.6 Å². The topological polar surface area (TPSA) is 93.4 Å². The minimum absolute atomic E-state index is 0.636. The average molecular weight is 415 g/mol. The average Bonchev–Trinajstić information content (AvgIpc) is 3.39. The molecule has 0 amide bonds. The van der Waals surface area contributed by atoms with Crippen molar-refractivity contribution in [1.29, 1.82) is 0 Å². The standard InChI is InChI=1S/C20H26N6S2/c21-18-17-13-8-2-1-3-9-14(13)28-19(17)23-16(22-18)11-27-20-24-15(25-26-20)10-12-6-4-5-7-12/h12H,1-11H2,(H2,21,22,23)(H,24,25,26). The number of rotatable bonds is 5. The number of thiophene rings is 1. The van der Waals surface area contributed by atoms with E-state index in [1.165, 1.54) is 55.4 Å². The lowest BCUT2D eigenvalue weighted by Gasteiger charge is -2.04. The molecule has 8 heteroatoms. The Morgan fingerprint density at radius 1 is 1.04 bits per heavy atom. The lowest BCUT2D eigenvalue weighted by atomic mass is 10.0. The number of fused-ring (bicyclic) bond motifs is 3. The zero-order valence-corrected chi connectivity index (χ0v) is 17.7. The van der Waals surface area contributed by atoms with Crippen LogP contribution in [0.25, 0.3) is 10.2 Å². The van der Waals surface area contributed by atoms with Crippen molar-refractivity contribution in [3.8, 4) is 0 Å². The number of hydrogen-bond acceptors (Lipinski definition) is 7. The molecule has 0 aliphatic heterocycles. The van der Waals surface area contributed by atoms with Gasteiger partial charge in [0.2, 0.25) is 5.16 Å². The first-order valence-electron chi connectivity index (χ1n) is 10.4. The summed E-state index contributed by atoms with van der Waals surface area (Å²) in [6.07, 6.45) is 12.4. The van der Waals surface area contributed by atoms with E-state index in [-0.39, 0.29) is 0 Å². The quantitative estimate of drug-likeness (QED) is 0.465. The van der Waals surface area contributed by atoms with E-state index < -0.39 is 0 Å². The molecule has 1 saturated carbocycles. The van der Waals surface area contributed by atoms with Crippen molar-refractivity contribution in [3.63, 3.8) is 0 Å². The minimum Gasteiger partial charge on any atom is -0.383 e. The summed E-state index contributed by atoms with van der Waals surface area (Å²) in [5.74, 6) is 3.83. The highest BCUT2D eigenvalue weighted by atomic mass is 32.2. The molecule has 0 unspecified atom stereocenters. The highest BCUT2D eigenvalue weighted by Crippen LogP contribution is 2.37. The summed E-state index contributed by atoms with van der Waals surface area (Å²) >= 11 is 3.39. The number of hydrogen-bond donors (Lipinski definition) is 2. The number of nitrogen functional groups attached to an aromatic ring is 1. The van der Waals surface area contributed by atoms with Gasteiger partial charge < -0.3 is 5.73 Å². The third-order valence-electron chi connectivity index (χ3n) is 5.94. The predicted octanol–water partition coefficient (Wildman–Crippen LogP) is 4.69. The number of aryl methyl sites for hydroxylation is 2. The maximum absolute atomic E-state index is 6.35. The van der Waals surface area contributed by atoms with Gasteiger partial charge in [0, 0.05) is 11.3 Å². The monoisotopic (exact) mass is 414 g/mol. The van der Waals surface area contributed by atoms with Gasteiger partial charge in [-0.1, -0.05) is 43.9 Å². The first kappa shape index (κ1) is 18.4. The number of nitrogens with one attached hydrogen (secondary N) is 1. The fourth-order valence-corrected chi connectivity index (χ4v) is 6.48. The molecule has 0 atom stereocenters. The van der Waals surface area contributed by atoms with Gasteiger partial charge in [-0.15, -0.1) is 16.4 Å². The van der Waals surface area contributed by atoms with Crippen molar-refractivity contribution in [2.45, 2.75) is 75.1 Å². The first-order chi connectivity index (χ1) is 13.8. The Kier molecular flexibility index (Phi) is 5.24. The second-order valence-electron chi connectivity index (χ2n) is 7.98. The molecule has 5 rings (SSSR count). The van der Waals surface area contributed by atoms with Gasteiger partial charge in [0.15, 0.2) is 0 Å². The molecule has 0 bridgehead atoms. The van der Waals surface area contributed by atoms with Crippen LogP contribution >= 0.6 is 23.1 Å². The molecule has 2 aliphatic carbocycles. The Morgan fingerprint density at radius 3 is 2.79 bits per heavy atom. The molecule has 1 fully saturated rings. The Balaban J connectivity index is 1.30. The van der Waals surface area contributed by atoms with Gasteiger partial charge in [0.1, 0.15) is 22.3 Å². The van der Waals surface area contributed by atoms with Crippen molar-refractivity contribution in [3.05, 3.63) is 22.1 Å². The molecule has 3 N–H and O–H groups in total. The molecule has 0 saturated heterocycles. The van der Waals surface area contributed by atoms with Crippen LogP contribution in [0.1, 0.15) is 67.0 Å². The lowest BCUT2D eigenvalue weighted by molar-refractivity contribution is 0.531. The van der Waals surface area contributed by atoms with Crippen LogP contribution < -0.4 is 5.73 Å². The molecule has 0 spiro atoms. The molecular formula is C20H26N6S2. The Labute approximate surface area is 173 Å². The van der Waals surface area contributed by atoms with E-state index >= 15 is 0 Å². The number of aromatic amines is 1. The SMILES string of the molecule is Nc1nc(CSc2n[nH]c(CC3CCCC3)n2)nc2sc3c(c12)CCCCC3. The van der Waals surface area contributed by atoms with Gasteiger partial charge >= 0.3 is 0 Å². The van der Waals surface area contributed by atoms with Crippen molar-refractivity contribution in [2.24, 2.45) is 5.92 Å². The highest BCUT2D eigenvalue weighted by Gasteiger charge is 2.20. The Morgan fingerprint density at radius 2 is 1.89 bits per heavy atom. The van der Waals surface area contributed by atoms with Gasteiger partial charge in [-0.25, -0.2) is 15.0 Å². The van der Waals surface area contributed by atoms with E-state index in [9.17, 15) is 0 Å². The van der Waals surface area contributed by atoms with Gasteiger partial charge in [0.25, 0.3) is 0 Å². The summed E-state index contributed by atoms with van der Waals surface area (Å²) in [6, 6.07) is 0. The maximum atomic E-state index is 6.35. The molecule has 148 valence electrons. The van der Waals surface area contributed by atoms with Crippen LogP contribution in [-0.4, -0.2) is 25.1 Å². The molecule has 28 heavy (non-hydrogen) atoms. The largest absolute Gasteiger partial charge is 0.383 e. The van der Waals surface area contributed by atoms with Crippen molar-refractivity contribution >= 4 is 39.1 Å². The lowest BCUT2D eigenvalue weighted by Crippen LogP contribution is -2.01. The summed E-state index contributed by atoms with van der Waals surface area (Å²) in [6.45, 7) is 0. The minimum atomic E-state index is 0.636. The van der Waals surface area contributed by atoms with Crippen LogP contribution in [0.15, 0.2) is 5.16 Å². The molecule has 3 heterocycles. The van der Waals surface area contributed by atoms with Crippen LogP contribution in [0.5, 0.6) is 0 Å². The summed E-state index contributed by atoms with van der Waals surface area (Å²) in [4.78, 5) is 16.6. The smallest absolute Gasteiger partial charge is 0.208 e. The number of H-pyrrole nitrogens is 1. The Bertz CT molecular complexity index is 973. The van der Waals surface area contributed by atoms with Crippen molar-refractivity contribution in [2.75, 3.05) is 5.73 Å². The summed E-state index contributed by atoms with van der Waals surface area (Å²) in [5, 5.41) is 9.35. The summed E-state index contributed by atoms with van der Waals surface area (Å²) in [7, 11) is 0. The number of nitrogens with two attached hydrogens (primary N) is 1. The fourth-order valence-electron chi connectivity index (χ4n) is 4.52. The maximum Gasteiger partial charge on any atom is 0.208 e. The second-order valence-corrected chi connectivity index (χ2v) is 10.0. The fraction of sp³-hybridized carbons (Fsp3) is 0.600. The molecule has 2 aliphatic rings. The number of nitrogens with zero attached hydrogens (tertiary/aromatic N) is 4. The molecule has 3 aromatic rings. The highest BCUT2D eigenvalue weighted by molar-refractivity contribution is 7.98. The van der Waals surface area contributed by atoms with E-state index in [4.69, 9.17) is 10.7 Å². The molecule has 3 aromatic heterocycles. The van der Waals surface area contributed by atoms with Crippen LogP contribution in [0, 0.1) is 5.92 Å². The number of anilines is 1. The first-order valence-corrected chi connectivity index (χ1v) is 12.2.